The Morgan fingerprint density at radius 3 is 1.74 bits per heavy atom. The van der Waals surface area contributed by atoms with Crippen molar-refractivity contribution in [2.45, 2.75) is 64.2 Å². The van der Waals surface area contributed by atoms with Gasteiger partial charge in [0.1, 0.15) is 5.75 Å². The number of ether oxygens (including phenoxy) is 1. The molecule has 2 aromatic rings. The summed E-state index contributed by atoms with van der Waals surface area (Å²) in [7, 11) is 0. The summed E-state index contributed by atoms with van der Waals surface area (Å²) in [5.74, 6) is 1.53. The Bertz CT molecular complexity index is 794. The summed E-state index contributed by atoms with van der Waals surface area (Å²) in [5, 5.41) is 5.96. The molecule has 0 spiro atoms. The summed E-state index contributed by atoms with van der Waals surface area (Å²) in [6.45, 7) is 0. The normalized spacial score (nSPS) is 17.7. The third-order valence-corrected chi connectivity index (χ3v) is 6.30. The molecule has 31 heavy (non-hydrogen) atoms. The first kappa shape index (κ1) is 21.3. The van der Waals surface area contributed by atoms with Crippen LogP contribution in [0.25, 0.3) is 0 Å². The molecule has 1 aromatic carbocycles. The summed E-state index contributed by atoms with van der Waals surface area (Å²) >= 11 is 0. The first-order valence-corrected chi connectivity index (χ1v) is 11.5. The lowest BCUT2D eigenvalue weighted by atomic mass is 9.88. The van der Waals surface area contributed by atoms with Crippen molar-refractivity contribution >= 4 is 23.2 Å². The second-order valence-corrected chi connectivity index (χ2v) is 8.66. The third-order valence-electron chi connectivity index (χ3n) is 6.30. The van der Waals surface area contributed by atoms with E-state index >= 15 is 0 Å². The van der Waals surface area contributed by atoms with E-state index in [0.717, 1.165) is 57.1 Å². The van der Waals surface area contributed by atoms with Crippen molar-refractivity contribution < 1.29 is 14.3 Å². The maximum Gasteiger partial charge on any atom is 0.227 e. The van der Waals surface area contributed by atoms with E-state index in [2.05, 4.69) is 15.6 Å². The lowest BCUT2D eigenvalue weighted by molar-refractivity contribution is -0.121. The lowest BCUT2D eigenvalue weighted by Crippen LogP contribution is -2.24. The molecule has 2 saturated carbocycles. The molecule has 0 saturated heterocycles. The predicted molar refractivity (Wildman–Crippen MR) is 121 cm³/mol. The molecule has 2 N–H and O–H groups in total. The molecule has 1 heterocycles. The van der Waals surface area contributed by atoms with Crippen molar-refractivity contribution in [3.8, 4) is 11.6 Å². The van der Waals surface area contributed by atoms with Crippen molar-refractivity contribution in [1.82, 2.24) is 4.98 Å². The van der Waals surface area contributed by atoms with Crippen LogP contribution in [0.2, 0.25) is 0 Å². The molecule has 164 valence electrons. The van der Waals surface area contributed by atoms with Crippen LogP contribution in [-0.4, -0.2) is 16.8 Å². The van der Waals surface area contributed by atoms with Crippen LogP contribution in [-0.2, 0) is 9.59 Å². The standard InChI is InChI=1S/C25H31N3O3/c29-24(18-7-3-1-4-8-18)27-20-11-14-22(15-12-20)31-23-16-13-21(17-26-23)28-25(30)19-9-5-2-6-10-19/h11-19H,1-10H2,(H,27,29)(H,28,30). The topological polar surface area (TPSA) is 80.3 Å². The Labute approximate surface area is 183 Å². The van der Waals surface area contributed by atoms with Crippen molar-refractivity contribution in [1.29, 1.82) is 0 Å². The second kappa shape index (κ2) is 10.4. The SMILES string of the molecule is O=C(Nc1ccc(Oc2ccc(NC(=O)C3CCCCC3)cn2)cc1)C1CCCCC1. The molecule has 0 unspecified atom stereocenters. The first-order chi connectivity index (χ1) is 15.2. The van der Waals surface area contributed by atoms with E-state index in [4.69, 9.17) is 4.74 Å². The minimum Gasteiger partial charge on any atom is -0.439 e. The van der Waals surface area contributed by atoms with Crippen LogP contribution in [0.15, 0.2) is 42.6 Å². The Hall–Kier alpha value is -2.89. The van der Waals surface area contributed by atoms with E-state index in [0.29, 0.717) is 17.3 Å². The summed E-state index contributed by atoms with van der Waals surface area (Å²) in [6.07, 6.45) is 12.5. The number of hydrogen-bond donors (Lipinski definition) is 2. The Kier molecular flexibility index (Phi) is 7.18. The van der Waals surface area contributed by atoms with Gasteiger partial charge < -0.3 is 15.4 Å². The predicted octanol–water partition coefficient (Wildman–Crippen LogP) is 5.91. The Morgan fingerprint density at radius 2 is 1.23 bits per heavy atom. The van der Waals surface area contributed by atoms with Gasteiger partial charge in [-0.3, -0.25) is 9.59 Å². The first-order valence-electron chi connectivity index (χ1n) is 11.5. The molecule has 1 aromatic heterocycles. The molecule has 0 bridgehead atoms. The van der Waals surface area contributed by atoms with E-state index in [1.807, 2.05) is 30.3 Å². The van der Waals surface area contributed by atoms with Crippen LogP contribution in [0.1, 0.15) is 64.2 Å². The highest BCUT2D eigenvalue weighted by atomic mass is 16.5. The van der Waals surface area contributed by atoms with E-state index in [9.17, 15) is 9.59 Å². The number of carbonyl (C=O) groups excluding carboxylic acids is 2. The zero-order chi connectivity index (χ0) is 21.5. The number of nitrogens with one attached hydrogen (secondary N) is 2. The van der Waals surface area contributed by atoms with Gasteiger partial charge in [0, 0.05) is 23.6 Å². The number of benzene rings is 1. The highest BCUT2D eigenvalue weighted by Gasteiger charge is 2.22. The maximum atomic E-state index is 12.4. The van der Waals surface area contributed by atoms with Gasteiger partial charge in [-0.25, -0.2) is 4.98 Å². The Balaban J connectivity index is 1.27. The fraction of sp³-hybridized carbons (Fsp3) is 0.480. The van der Waals surface area contributed by atoms with Gasteiger partial charge in [-0.05, 0) is 56.0 Å². The van der Waals surface area contributed by atoms with E-state index in [-0.39, 0.29) is 23.7 Å². The minimum absolute atomic E-state index is 0.0843. The number of carbonyl (C=O) groups is 2. The molecule has 4 rings (SSSR count). The van der Waals surface area contributed by atoms with E-state index in [1.165, 1.54) is 12.8 Å². The van der Waals surface area contributed by atoms with Gasteiger partial charge in [-0.2, -0.15) is 0 Å². The van der Waals surface area contributed by atoms with Gasteiger partial charge in [0.2, 0.25) is 17.7 Å². The summed E-state index contributed by atoms with van der Waals surface area (Å²) < 4.78 is 5.79. The van der Waals surface area contributed by atoms with Gasteiger partial charge in [-0.15, -0.1) is 0 Å². The third kappa shape index (κ3) is 6.06. The number of rotatable bonds is 6. The largest absolute Gasteiger partial charge is 0.439 e. The molecule has 2 aliphatic carbocycles. The molecule has 2 amide bonds. The van der Waals surface area contributed by atoms with Crippen LogP contribution < -0.4 is 15.4 Å². The average molecular weight is 422 g/mol. The monoisotopic (exact) mass is 421 g/mol. The number of hydrogen-bond acceptors (Lipinski definition) is 4. The van der Waals surface area contributed by atoms with Crippen LogP contribution in [0.4, 0.5) is 11.4 Å². The zero-order valence-electron chi connectivity index (χ0n) is 17.9. The van der Waals surface area contributed by atoms with Crippen LogP contribution in [0.5, 0.6) is 11.6 Å². The second-order valence-electron chi connectivity index (χ2n) is 8.66. The molecule has 0 atom stereocenters. The van der Waals surface area contributed by atoms with Crippen molar-refractivity contribution in [3.05, 3.63) is 42.6 Å². The van der Waals surface area contributed by atoms with Crippen LogP contribution in [0.3, 0.4) is 0 Å². The molecule has 2 aliphatic rings. The summed E-state index contributed by atoms with van der Waals surface area (Å²) in [5.41, 5.74) is 1.46. The van der Waals surface area contributed by atoms with Gasteiger partial charge >= 0.3 is 0 Å². The maximum absolute atomic E-state index is 12.4. The smallest absolute Gasteiger partial charge is 0.227 e. The van der Waals surface area contributed by atoms with Crippen LogP contribution >= 0.6 is 0 Å². The fourth-order valence-corrected chi connectivity index (χ4v) is 4.46. The number of nitrogens with zero attached hydrogens (tertiary/aromatic N) is 1. The molecule has 6 nitrogen and oxygen atoms in total. The number of anilines is 2. The summed E-state index contributed by atoms with van der Waals surface area (Å²) in [4.78, 5) is 29.0. The van der Waals surface area contributed by atoms with Crippen LogP contribution in [0, 0.1) is 11.8 Å². The van der Waals surface area contributed by atoms with Crippen molar-refractivity contribution in [2.24, 2.45) is 11.8 Å². The van der Waals surface area contributed by atoms with Crippen molar-refractivity contribution in [3.63, 3.8) is 0 Å². The highest BCUT2D eigenvalue weighted by Crippen LogP contribution is 2.27. The van der Waals surface area contributed by atoms with Gasteiger partial charge in [-0.1, -0.05) is 38.5 Å². The summed E-state index contributed by atoms with van der Waals surface area (Å²) in [6, 6.07) is 10.9. The highest BCUT2D eigenvalue weighted by molar-refractivity contribution is 5.93. The molecular weight excluding hydrogens is 390 g/mol. The average Bonchev–Trinajstić information content (AvgIpc) is 2.82. The van der Waals surface area contributed by atoms with Crippen molar-refractivity contribution in [2.75, 3.05) is 10.6 Å². The van der Waals surface area contributed by atoms with E-state index < -0.39 is 0 Å². The van der Waals surface area contributed by atoms with Gasteiger partial charge in [0.15, 0.2) is 0 Å². The number of amides is 2. The quantitative estimate of drug-likeness (QED) is 0.607. The number of pyridine rings is 1. The van der Waals surface area contributed by atoms with Gasteiger partial charge in [0.25, 0.3) is 0 Å². The van der Waals surface area contributed by atoms with E-state index in [1.54, 1.807) is 12.3 Å². The molecule has 0 aliphatic heterocycles. The minimum atomic E-state index is 0.0843. The molecule has 2 fully saturated rings. The van der Waals surface area contributed by atoms with Gasteiger partial charge in [0.05, 0.1) is 11.9 Å². The molecule has 6 heteroatoms. The molecular formula is C25H31N3O3. The lowest BCUT2D eigenvalue weighted by Gasteiger charge is -2.20. The zero-order valence-corrected chi connectivity index (χ0v) is 17.9. The fourth-order valence-electron chi connectivity index (χ4n) is 4.46. The Morgan fingerprint density at radius 1 is 0.710 bits per heavy atom. The molecule has 0 radical (unpaired) electrons. The number of aromatic nitrogens is 1.